The summed E-state index contributed by atoms with van der Waals surface area (Å²) in [7, 11) is 0. The van der Waals surface area contributed by atoms with Crippen molar-refractivity contribution < 1.29 is 19.1 Å². The normalized spacial score (nSPS) is 13.0. The highest BCUT2D eigenvalue weighted by Gasteiger charge is 2.35. The Bertz CT molecular complexity index is 825. The molecule has 2 atom stereocenters. The van der Waals surface area contributed by atoms with Crippen LogP contribution >= 0.6 is 12.6 Å². The van der Waals surface area contributed by atoms with Crippen LogP contribution in [0.25, 0.3) is 0 Å². The minimum Gasteiger partial charge on any atom is -0.444 e. The molecule has 204 valence electrons. The zero-order valence-corrected chi connectivity index (χ0v) is 24.0. The Kier molecular flexibility index (Phi) is 14.6. The van der Waals surface area contributed by atoms with Crippen molar-refractivity contribution >= 4 is 30.5 Å². The number of thiol groups is 1. The van der Waals surface area contributed by atoms with E-state index >= 15 is 0 Å². The fourth-order valence-electron chi connectivity index (χ4n) is 3.89. The monoisotopic (exact) mass is 521 g/mol. The molecule has 8 heteroatoms. The van der Waals surface area contributed by atoms with E-state index in [2.05, 4.69) is 37.1 Å². The van der Waals surface area contributed by atoms with Crippen molar-refractivity contribution in [2.75, 3.05) is 18.8 Å². The molecule has 0 bridgehead atoms. The summed E-state index contributed by atoms with van der Waals surface area (Å²) in [5, 5.41) is 5.68. The number of carbonyl (C=O) groups excluding carboxylic acids is 3. The van der Waals surface area contributed by atoms with E-state index in [1.165, 1.54) is 0 Å². The Morgan fingerprint density at radius 3 is 2.28 bits per heavy atom. The first kappa shape index (κ1) is 31.8. The van der Waals surface area contributed by atoms with E-state index in [1.54, 1.807) is 25.7 Å². The summed E-state index contributed by atoms with van der Waals surface area (Å²) >= 11 is 4.35. The van der Waals surface area contributed by atoms with Gasteiger partial charge in [-0.15, -0.1) is 0 Å². The summed E-state index contributed by atoms with van der Waals surface area (Å²) in [5.74, 6) is -0.475. The van der Waals surface area contributed by atoms with Gasteiger partial charge in [0, 0.05) is 18.8 Å². The fraction of sp³-hybridized carbons (Fsp3) is 0.679. The van der Waals surface area contributed by atoms with Gasteiger partial charge in [-0.25, -0.2) is 4.79 Å². The largest absolute Gasteiger partial charge is 0.444 e. The molecular weight excluding hydrogens is 474 g/mol. The first-order valence-corrected chi connectivity index (χ1v) is 13.9. The molecule has 0 saturated carbocycles. The molecule has 7 nitrogen and oxygen atoms in total. The molecule has 0 aliphatic heterocycles. The molecule has 0 aliphatic rings. The molecule has 0 saturated heterocycles. The maximum atomic E-state index is 13.9. The number of ether oxygens (including phenoxy) is 1. The molecule has 1 rings (SSSR count). The number of aryl methyl sites for hydroxylation is 1. The number of hydrogen-bond donors (Lipinski definition) is 3. The summed E-state index contributed by atoms with van der Waals surface area (Å²) in [6.07, 6.45) is 6.18. The van der Waals surface area contributed by atoms with Gasteiger partial charge >= 0.3 is 6.09 Å². The standard InChI is InChI=1S/C28H47N3O4S/c1-7-9-11-12-13-18-31(26(33)23(20-36)30-27(34)35-28(4,5)6)24(25(32)29-17-10-8-2)22-16-14-15-21(3)19-22/h14-16,19,23-24,36H,7-13,17-18,20H2,1-6H3,(H,29,32)(H,30,34). The molecule has 1 aromatic rings. The van der Waals surface area contributed by atoms with E-state index in [9.17, 15) is 14.4 Å². The molecular formula is C28H47N3O4S. The van der Waals surface area contributed by atoms with Gasteiger partial charge in [0.1, 0.15) is 17.7 Å². The van der Waals surface area contributed by atoms with Crippen LogP contribution < -0.4 is 10.6 Å². The Labute approximate surface area is 223 Å². The van der Waals surface area contributed by atoms with E-state index in [-0.39, 0.29) is 17.6 Å². The second-order valence-corrected chi connectivity index (χ2v) is 10.7. The third-order valence-corrected chi connectivity index (χ3v) is 6.07. The van der Waals surface area contributed by atoms with Gasteiger partial charge in [0.2, 0.25) is 11.8 Å². The van der Waals surface area contributed by atoms with Crippen molar-refractivity contribution in [3.8, 4) is 0 Å². The van der Waals surface area contributed by atoms with Crippen LogP contribution in [0, 0.1) is 6.92 Å². The van der Waals surface area contributed by atoms with Crippen LogP contribution in [0.1, 0.15) is 96.7 Å². The summed E-state index contributed by atoms with van der Waals surface area (Å²) in [6.45, 7) is 12.4. The highest BCUT2D eigenvalue weighted by molar-refractivity contribution is 7.80. The van der Waals surface area contributed by atoms with Crippen LogP contribution in [-0.2, 0) is 14.3 Å². The van der Waals surface area contributed by atoms with Gasteiger partial charge in [-0.05, 0) is 46.1 Å². The predicted molar refractivity (Wildman–Crippen MR) is 149 cm³/mol. The molecule has 2 N–H and O–H groups in total. The Hall–Kier alpha value is -2.22. The van der Waals surface area contributed by atoms with Crippen molar-refractivity contribution in [2.24, 2.45) is 0 Å². The van der Waals surface area contributed by atoms with Crippen molar-refractivity contribution in [1.82, 2.24) is 15.5 Å². The molecule has 36 heavy (non-hydrogen) atoms. The maximum Gasteiger partial charge on any atom is 0.408 e. The van der Waals surface area contributed by atoms with Gasteiger partial charge in [0.05, 0.1) is 0 Å². The number of unbranched alkanes of at least 4 members (excludes halogenated alkanes) is 5. The highest BCUT2D eigenvalue weighted by atomic mass is 32.1. The number of rotatable bonds is 15. The molecule has 0 heterocycles. The first-order valence-electron chi connectivity index (χ1n) is 13.3. The lowest BCUT2D eigenvalue weighted by molar-refractivity contribution is -0.142. The average Bonchev–Trinajstić information content (AvgIpc) is 2.80. The van der Waals surface area contributed by atoms with E-state index in [1.807, 2.05) is 31.2 Å². The van der Waals surface area contributed by atoms with Crippen molar-refractivity contribution in [2.45, 2.75) is 104 Å². The Balaban J connectivity index is 3.31. The Morgan fingerprint density at radius 1 is 1.03 bits per heavy atom. The number of nitrogens with one attached hydrogen (secondary N) is 2. The minimum absolute atomic E-state index is 0.0857. The van der Waals surface area contributed by atoms with E-state index in [4.69, 9.17) is 4.74 Å². The zero-order valence-electron chi connectivity index (χ0n) is 23.1. The number of carbonyl (C=O) groups is 3. The molecule has 0 aromatic heterocycles. The molecule has 0 fully saturated rings. The number of nitrogens with zero attached hydrogens (tertiary/aromatic N) is 1. The molecule has 1 aromatic carbocycles. The molecule has 3 amide bonds. The van der Waals surface area contributed by atoms with Crippen LogP contribution in [0.4, 0.5) is 4.79 Å². The lowest BCUT2D eigenvalue weighted by Crippen LogP contribution is -2.54. The summed E-state index contributed by atoms with van der Waals surface area (Å²) in [5.41, 5.74) is 1.06. The number of hydrogen-bond acceptors (Lipinski definition) is 5. The van der Waals surface area contributed by atoms with Gasteiger partial charge < -0.3 is 20.3 Å². The van der Waals surface area contributed by atoms with E-state index < -0.39 is 23.8 Å². The zero-order chi connectivity index (χ0) is 27.1. The molecule has 0 radical (unpaired) electrons. The maximum absolute atomic E-state index is 13.9. The lowest BCUT2D eigenvalue weighted by Gasteiger charge is -2.34. The first-order chi connectivity index (χ1) is 17.0. The predicted octanol–water partition coefficient (Wildman–Crippen LogP) is 5.57. The SMILES string of the molecule is CCCCCCCN(C(=O)C(CS)NC(=O)OC(C)(C)C)C(C(=O)NCCCC)c1cccc(C)c1. The molecule has 2 unspecified atom stereocenters. The fourth-order valence-corrected chi connectivity index (χ4v) is 4.13. The minimum atomic E-state index is -0.922. The number of benzene rings is 1. The van der Waals surface area contributed by atoms with Crippen molar-refractivity contribution in [3.63, 3.8) is 0 Å². The lowest BCUT2D eigenvalue weighted by atomic mass is 10.00. The van der Waals surface area contributed by atoms with Crippen molar-refractivity contribution in [3.05, 3.63) is 35.4 Å². The van der Waals surface area contributed by atoms with E-state index in [0.29, 0.717) is 13.1 Å². The summed E-state index contributed by atoms with van der Waals surface area (Å²) in [4.78, 5) is 41.4. The van der Waals surface area contributed by atoms with Crippen molar-refractivity contribution in [1.29, 1.82) is 0 Å². The van der Waals surface area contributed by atoms with Gasteiger partial charge in [-0.2, -0.15) is 12.6 Å². The summed E-state index contributed by atoms with van der Waals surface area (Å²) in [6, 6.07) is 5.96. The summed E-state index contributed by atoms with van der Waals surface area (Å²) < 4.78 is 5.37. The van der Waals surface area contributed by atoms with Crippen LogP contribution in [0.5, 0.6) is 0 Å². The third kappa shape index (κ3) is 11.7. The average molecular weight is 522 g/mol. The van der Waals surface area contributed by atoms with Crippen LogP contribution in [0.15, 0.2) is 24.3 Å². The second kappa shape index (κ2) is 16.5. The van der Waals surface area contributed by atoms with Crippen LogP contribution in [-0.4, -0.2) is 53.3 Å². The highest BCUT2D eigenvalue weighted by Crippen LogP contribution is 2.25. The van der Waals surface area contributed by atoms with Gasteiger partial charge in [-0.1, -0.05) is 75.8 Å². The Morgan fingerprint density at radius 2 is 1.69 bits per heavy atom. The van der Waals surface area contributed by atoms with Crippen LogP contribution in [0.3, 0.4) is 0 Å². The van der Waals surface area contributed by atoms with Gasteiger partial charge in [0.25, 0.3) is 0 Å². The number of alkyl carbamates (subject to hydrolysis) is 1. The van der Waals surface area contributed by atoms with Gasteiger partial charge in [0.15, 0.2) is 0 Å². The second-order valence-electron chi connectivity index (χ2n) is 10.3. The van der Waals surface area contributed by atoms with Crippen LogP contribution in [0.2, 0.25) is 0 Å². The smallest absolute Gasteiger partial charge is 0.408 e. The van der Waals surface area contributed by atoms with Gasteiger partial charge in [-0.3, -0.25) is 9.59 Å². The number of amides is 3. The topological polar surface area (TPSA) is 87.7 Å². The van der Waals surface area contributed by atoms with E-state index in [0.717, 1.165) is 56.1 Å². The molecule has 0 aliphatic carbocycles. The quantitative estimate of drug-likeness (QED) is 0.208. The third-order valence-electron chi connectivity index (χ3n) is 5.70. The molecule has 0 spiro atoms.